The molecule has 0 aromatic rings. The molecule has 1 amide bonds. The lowest BCUT2D eigenvalue weighted by atomic mass is 9.92. The lowest BCUT2D eigenvalue weighted by molar-refractivity contribution is -0.144. The Morgan fingerprint density at radius 3 is 3.06 bits per heavy atom. The number of rotatable bonds is 3. The van der Waals surface area contributed by atoms with Crippen LogP contribution in [0.25, 0.3) is 0 Å². The van der Waals surface area contributed by atoms with Gasteiger partial charge in [-0.1, -0.05) is 13.3 Å². The number of fused-ring (bicyclic) bond motifs is 2. The van der Waals surface area contributed by atoms with Crippen LogP contribution in [0.5, 0.6) is 0 Å². The third-order valence-corrected chi connectivity index (χ3v) is 3.37. The van der Waals surface area contributed by atoms with Crippen molar-refractivity contribution in [2.45, 2.75) is 44.4 Å². The zero-order chi connectivity index (χ0) is 13.1. The number of nitrogens with zero attached hydrogens (tertiary/aromatic N) is 1. The lowest BCUT2D eigenvalue weighted by Crippen LogP contribution is -2.64. The minimum Gasteiger partial charge on any atom is -0.449 e. The summed E-state index contributed by atoms with van der Waals surface area (Å²) in [6.45, 7) is 2.66. The molecule has 0 aromatic heterocycles. The molecule has 2 bridgehead atoms. The summed E-state index contributed by atoms with van der Waals surface area (Å²) in [5, 5.41) is 0. The summed E-state index contributed by atoms with van der Waals surface area (Å²) in [4.78, 5) is 24.7. The molecule has 2 aliphatic rings. The van der Waals surface area contributed by atoms with Crippen LogP contribution in [0.2, 0.25) is 0 Å². The van der Waals surface area contributed by atoms with Gasteiger partial charge in [0, 0.05) is 6.42 Å². The van der Waals surface area contributed by atoms with Gasteiger partial charge < -0.3 is 9.47 Å². The first-order chi connectivity index (χ1) is 8.65. The summed E-state index contributed by atoms with van der Waals surface area (Å²) in [7, 11) is 0. The molecular weight excluding hydrogens is 241 g/mol. The van der Waals surface area contributed by atoms with Crippen LogP contribution in [-0.4, -0.2) is 54.9 Å². The normalized spacial score (nSPS) is 31.3. The predicted molar refractivity (Wildman–Crippen MR) is 61.0 cm³/mol. The van der Waals surface area contributed by atoms with Crippen molar-refractivity contribution in [3.63, 3.8) is 0 Å². The van der Waals surface area contributed by atoms with E-state index < -0.39 is 24.1 Å². The fourth-order valence-electron chi connectivity index (χ4n) is 2.36. The average molecular weight is 259 g/mol. The maximum absolute atomic E-state index is 13.8. The second-order valence-corrected chi connectivity index (χ2v) is 4.71. The molecule has 0 radical (unpaired) electrons. The fraction of sp³-hybridized carbons (Fsp3) is 0.833. The van der Waals surface area contributed by atoms with Gasteiger partial charge in [-0.15, -0.1) is 0 Å². The largest absolute Gasteiger partial charge is 0.449 e. The van der Waals surface area contributed by atoms with E-state index in [1.165, 1.54) is 4.90 Å². The quantitative estimate of drug-likeness (QED) is 0.717. The minimum atomic E-state index is -1.65. The first-order valence-corrected chi connectivity index (χ1v) is 6.34. The van der Waals surface area contributed by atoms with Gasteiger partial charge in [0.1, 0.15) is 0 Å². The van der Waals surface area contributed by atoms with Crippen molar-refractivity contribution in [2.75, 3.05) is 19.8 Å². The standard InChI is InChI=1S/C12H18FNO4/c1-2-3-4-18-12(16)14-8-5-10(15)11(13)9(14)7-17-6-8/h8-9,11H,2-7H2,1H3/t8-,9-,11-/m0/s1. The zero-order valence-electron chi connectivity index (χ0n) is 10.4. The van der Waals surface area contributed by atoms with Crippen molar-refractivity contribution in [1.29, 1.82) is 0 Å². The molecule has 6 heteroatoms. The van der Waals surface area contributed by atoms with Crippen LogP contribution in [0.15, 0.2) is 0 Å². The second-order valence-electron chi connectivity index (χ2n) is 4.71. The highest BCUT2D eigenvalue weighted by Gasteiger charge is 2.48. The SMILES string of the molecule is CCCCOC(=O)N1[C@@H]2COC[C@H]1[C@H](F)C(=O)C2. The van der Waals surface area contributed by atoms with Crippen molar-refractivity contribution >= 4 is 11.9 Å². The lowest BCUT2D eigenvalue weighted by Gasteiger charge is -2.45. The summed E-state index contributed by atoms with van der Waals surface area (Å²) < 4.78 is 24.1. The number of ether oxygens (including phenoxy) is 2. The van der Waals surface area contributed by atoms with E-state index in [1.54, 1.807) is 0 Å². The molecule has 0 saturated carbocycles. The number of alkyl halides is 1. The Morgan fingerprint density at radius 2 is 2.33 bits per heavy atom. The first kappa shape index (κ1) is 13.3. The molecule has 5 nitrogen and oxygen atoms in total. The summed E-state index contributed by atoms with van der Waals surface area (Å²) in [5.41, 5.74) is 0. The monoisotopic (exact) mass is 259 g/mol. The third kappa shape index (κ3) is 2.48. The van der Waals surface area contributed by atoms with Gasteiger partial charge in [-0.3, -0.25) is 9.69 Å². The van der Waals surface area contributed by atoms with Crippen LogP contribution >= 0.6 is 0 Å². The van der Waals surface area contributed by atoms with E-state index >= 15 is 0 Å². The number of piperidine rings is 1. The number of morpholine rings is 1. The molecule has 0 aromatic carbocycles. The summed E-state index contributed by atoms with van der Waals surface area (Å²) >= 11 is 0. The third-order valence-electron chi connectivity index (χ3n) is 3.37. The van der Waals surface area contributed by atoms with Crippen LogP contribution in [0.3, 0.4) is 0 Å². The molecule has 2 saturated heterocycles. The minimum absolute atomic E-state index is 0.0144. The van der Waals surface area contributed by atoms with E-state index in [0.29, 0.717) is 6.61 Å². The van der Waals surface area contributed by atoms with Gasteiger partial charge in [-0.2, -0.15) is 0 Å². The Morgan fingerprint density at radius 1 is 1.56 bits per heavy atom. The van der Waals surface area contributed by atoms with E-state index in [1.807, 2.05) is 6.92 Å². The fourth-order valence-corrected chi connectivity index (χ4v) is 2.36. The van der Waals surface area contributed by atoms with Crippen LogP contribution in [0.4, 0.5) is 9.18 Å². The van der Waals surface area contributed by atoms with Crippen LogP contribution in [-0.2, 0) is 14.3 Å². The number of unbranched alkanes of at least 4 members (excludes halogenated alkanes) is 1. The number of hydrogen-bond donors (Lipinski definition) is 0. The molecular formula is C12H18FNO4. The molecule has 2 heterocycles. The van der Waals surface area contributed by atoms with Crippen molar-refractivity contribution in [2.24, 2.45) is 0 Å². The highest BCUT2D eigenvalue weighted by molar-refractivity contribution is 5.87. The van der Waals surface area contributed by atoms with Crippen LogP contribution in [0.1, 0.15) is 26.2 Å². The molecule has 2 aliphatic heterocycles. The predicted octanol–water partition coefficient (Wildman–Crippen LogP) is 1.30. The number of carbonyl (C=O) groups is 2. The van der Waals surface area contributed by atoms with Gasteiger partial charge in [-0.25, -0.2) is 9.18 Å². The first-order valence-electron chi connectivity index (χ1n) is 6.34. The molecule has 3 atom stereocenters. The van der Waals surface area contributed by atoms with Crippen molar-refractivity contribution < 1.29 is 23.5 Å². The Bertz CT molecular complexity index is 336. The Kier molecular flexibility index (Phi) is 4.16. The van der Waals surface area contributed by atoms with Gasteiger partial charge in [0.25, 0.3) is 0 Å². The summed E-state index contributed by atoms with van der Waals surface area (Å²) in [5.74, 6) is -0.439. The number of amides is 1. The van der Waals surface area contributed by atoms with E-state index in [9.17, 15) is 14.0 Å². The van der Waals surface area contributed by atoms with E-state index in [-0.39, 0.29) is 25.7 Å². The number of ketones is 1. The van der Waals surface area contributed by atoms with Crippen molar-refractivity contribution in [3.8, 4) is 0 Å². The van der Waals surface area contributed by atoms with Gasteiger partial charge in [0.2, 0.25) is 0 Å². The molecule has 2 rings (SSSR count). The highest BCUT2D eigenvalue weighted by Crippen LogP contribution is 2.28. The molecule has 0 spiro atoms. The van der Waals surface area contributed by atoms with Crippen molar-refractivity contribution in [1.82, 2.24) is 4.90 Å². The molecule has 18 heavy (non-hydrogen) atoms. The molecule has 2 fully saturated rings. The van der Waals surface area contributed by atoms with Crippen molar-refractivity contribution in [3.05, 3.63) is 0 Å². The van der Waals surface area contributed by atoms with Crippen LogP contribution in [0, 0.1) is 0 Å². The number of carbonyl (C=O) groups excluding carboxylic acids is 2. The zero-order valence-corrected chi connectivity index (χ0v) is 10.4. The van der Waals surface area contributed by atoms with Crippen LogP contribution < -0.4 is 0 Å². The average Bonchev–Trinajstić information content (AvgIpc) is 2.36. The maximum Gasteiger partial charge on any atom is 0.410 e. The van der Waals surface area contributed by atoms with Gasteiger partial charge in [0.15, 0.2) is 12.0 Å². The van der Waals surface area contributed by atoms with Gasteiger partial charge in [-0.05, 0) is 6.42 Å². The second kappa shape index (κ2) is 5.65. The topological polar surface area (TPSA) is 55.8 Å². The maximum atomic E-state index is 13.8. The number of hydrogen-bond acceptors (Lipinski definition) is 4. The number of halogens is 1. The number of Topliss-reactive ketones (excluding diaryl/α,β-unsaturated/α-hetero) is 1. The van der Waals surface area contributed by atoms with E-state index in [4.69, 9.17) is 9.47 Å². The van der Waals surface area contributed by atoms with E-state index in [0.717, 1.165) is 12.8 Å². The molecule has 0 N–H and O–H groups in total. The molecule has 0 aliphatic carbocycles. The summed E-state index contributed by atoms with van der Waals surface area (Å²) in [6.07, 6.45) is -0.464. The Labute approximate surface area is 105 Å². The smallest absolute Gasteiger partial charge is 0.410 e. The Hall–Kier alpha value is -1.17. The molecule has 0 unspecified atom stereocenters. The Balaban J connectivity index is 2.02. The van der Waals surface area contributed by atoms with Gasteiger partial charge >= 0.3 is 6.09 Å². The molecule has 102 valence electrons. The highest BCUT2D eigenvalue weighted by atomic mass is 19.1. The van der Waals surface area contributed by atoms with E-state index in [2.05, 4.69) is 0 Å². The van der Waals surface area contributed by atoms with Gasteiger partial charge in [0.05, 0.1) is 31.9 Å². The summed E-state index contributed by atoms with van der Waals surface area (Å²) in [6, 6.07) is -1.20.